The Labute approximate surface area is 113 Å². The normalized spacial score (nSPS) is 27.8. The molecule has 2 saturated carbocycles. The van der Waals surface area contributed by atoms with Crippen molar-refractivity contribution in [2.45, 2.75) is 56.5 Å². The molecular weight excluding hydrogens is 236 g/mol. The second-order valence-electron chi connectivity index (χ2n) is 5.97. The molecule has 0 amide bonds. The molecule has 2 aliphatic carbocycles. The van der Waals surface area contributed by atoms with E-state index in [2.05, 4.69) is 15.6 Å². The van der Waals surface area contributed by atoms with Crippen molar-refractivity contribution in [2.24, 2.45) is 5.73 Å². The summed E-state index contributed by atoms with van der Waals surface area (Å²) < 4.78 is 2.38. The van der Waals surface area contributed by atoms with Crippen molar-refractivity contribution in [2.75, 3.05) is 0 Å². The van der Waals surface area contributed by atoms with Gasteiger partial charge in [0.1, 0.15) is 11.3 Å². The number of fused-ring (bicyclic) bond motifs is 1. The van der Waals surface area contributed by atoms with Crippen LogP contribution in [0.3, 0.4) is 0 Å². The van der Waals surface area contributed by atoms with Crippen LogP contribution in [-0.2, 0) is 0 Å². The summed E-state index contributed by atoms with van der Waals surface area (Å²) in [5.74, 6) is 1.62. The minimum absolute atomic E-state index is 0.267. The highest BCUT2D eigenvalue weighted by molar-refractivity contribution is 5.71. The third-order valence-corrected chi connectivity index (χ3v) is 4.54. The lowest BCUT2D eigenvalue weighted by Crippen LogP contribution is -2.33. The van der Waals surface area contributed by atoms with E-state index in [4.69, 9.17) is 10.7 Å². The van der Waals surface area contributed by atoms with E-state index < -0.39 is 0 Å². The lowest BCUT2D eigenvalue weighted by molar-refractivity contribution is 0.365. The fourth-order valence-electron chi connectivity index (χ4n) is 3.38. The fourth-order valence-corrected chi connectivity index (χ4v) is 3.38. The highest BCUT2D eigenvalue weighted by atomic mass is 15.2. The molecule has 0 saturated heterocycles. The van der Waals surface area contributed by atoms with Crippen LogP contribution in [0.2, 0.25) is 0 Å². The van der Waals surface area contributed by atoms with E-state index in [1.165, 1.54) is 37.9 Å². The third-order valence-electron chi connectivity index (χ3n) is 4.54. The molecule has 2 aromatic rings. The van der Waals surface area contributed by atoms with Crippen molar-refractivity contribution >= 4 is 11.2 Å². The van der Waals surface area contributed by atoms with Gasteiger partial charge in [-0.15, -0.1) is 0 Å². The van der Waals surface area contributed by atoms with Crippen LogP contribution in [-0.4, -0.2) is 20.6 Å². The summed E-state index contributed by atoms with van der Waals surface area (Å²) in [7, 11) is 0. The summed E-state index contributed by atoms with van der Waals surface area (Å²) >= 11 is 0. The molecule has 0 aromatic carbocycles. The average molecular weight is 256 g/mol. The summed E-state index contributed by atoms with van der Waals surface area (Å²) in [6.07, 6.45) is 9.24. The van der Waals surface area contributed by atoms with E-state index in [1.807, 2.05) is 12.3 Å². The molecule has 2 aromatic heterocycles. The van der Waals surface area contributed by atoms with Crippen LogP contribution in [0.1, 0.15) is 56.3 Å². The Kier molecular flexibility index (Phi) is 2.58. The van der Waals surface area contributed by atoms with Crippen LogP contribution in [0.15, 0.2) is 18.3 Å². The number of nitrogens with zero attached hydrogens (tertiary/aromatic N) is 3. The Morgan fingerprint density at radius 3 is 2.79 bits per heavy atom. The molecule has 19 heavy (non-hydrogen) atoms. The summed E-state index contributed by atoms with van der Waals surface area (Å²) in [4.78, 5) is 9.41. The maximum atomic E-state index is 6.35. The summed E-state index contributed by atoms with van der Waals surface area (Å²) in [5.41, 5.74) is 8.43. The quantitative estimate of drug-likeness (QED) is 0.898. The number of pyridine rings is 1. The van der Waals surface area contributed by atoms with E-state index in [0.717, 1.165) is 17.6 Å². The van der Waals surface area contributed by atoms with E-state index in [-0.39, 0.29) is 6.04 Å². The molecule has 0 radical (unpaired) electrons. The molecule has 2 N–H and O–H groups in total. The predicted octanol–water partition coefficient (Wildman–Crippen LogP) is 2.75. The van der Waals surface area contributed by atoms with Crippen LogP contribution in [0.25, 0.3) is 11.2 Å². The van der Waals surface area contributed by atoms with Gasteiger partial charge < -0.3 is 10.3 Å². The number of aromatic nitrogens is 3. The Morgan fingerprint density at radius 1 is 1.16 bits per heavy atom. The van der Waals surface area contributed by atoms with E-state index in [9.17, 15) is 0 Å². The van der Waals surface area contributed by atoms with Crippen LogP contribution in [0.4, 0.5) is 0 Å². The topological polar surface area (TPSA) is 56.7 Å². The first kappa shape index (κ1) is 11.4. The Balaban J connectivity index is 1.85. The molecule has 2 atom stereocenters. The van der Waals surface area contributed by atoms with Gasteiger partial charge in [-0.05, 0) is 37.8 Å². The summed E-state index contributed by atoms with van der Waals surface area (Å²) in [6, 6.07) is 4.92. The van der Waals surface area contributed by atoms with Crippen molar-refractivity contribution in [3.8, 4) is 0 Å². The van der Waals surface area contributed by atoms with Gasteiger partial charge in [-0.3, -0.25) is 0 Å². The van der Waals surface area contributed by atoms with Gasteiger partial charge in [-0.25, -0.2) is 9.97 Å². The Bertz CT molecular complexity index is 599. The molecule has 2 unspecified atom stereocenters. The van der Waals surface area contributed by atoms with E-state index >= 15 is 0 Å². The second-order valence-corrected chi connectivity index (χ2v) is 5.97. The van der Waals surface area contributed by atoms with Gasteiger partial charge in [0.15, 0.2) is 5.65 Å². The number of hydrogen-bond acceptors (Lipinski definition) is 3. The smallest absolute Gasteiger partial charge is 0.160 e. The molecule has 0 bridgehead atoms. The molecule has 2 fully saturated rings. The number of rotatable bonds is 2. The highest BCUT2D eigenvalue weighted by Crippen LogP contribution is 2.42. The average Bonchev–Trinajstić information content (AvgIpc) is 3.19. The monoisotopic (exact) mass is 256 g/mol. The van der Waals surface area contributed by atoms with Crippen LogP contribution >= 0.6 is 0 Å². The zero-order valence-corrected chi connectivity index (χ0v) is 11.1. The van der Waals surface area contributed by atoms with Gasteiger partial charge in [0, 0.05) is 24.2 Å². The Hall–Kier alpha value is -1.42. The van der Waals surface area contributed by atoms with Gasteiger partial charge in [0.2, 0.25) is 0 Å². The van der Waals surface area contributed by atoms with Crippen LogP contribution in [0.5, 0.6) is 0 Å². The summed E-state index contributed by atoms with van der Waals surface area (Å²) in [5, 5.41) is 0. The number of imidazole rings is 1. The largest absolute Gasteiger partial charge is 0.327 e. The van der Waals surface area contributed by atoms with Crippen LogP contribution in [0, 0.1) is 0 Å². The zero-order chi connectivity index (χ0) is 12.8. The maximum Gasteiger partial charge on any atom is 0.160 e. The molecule has 2 heterocycles. The molecule has 4 nitrogen and oxygen atoms in total. The molecule has 0 spiro atoms. The second kappa shape index (κ2) is 4.30. The van der Waals surface area contributed by atoms with Gasteiger partial charge in [-0.2, -0.15) is 0 Å². The lowest BCUT2D eigenvalue weighted by atomic mass is 9.84. The van der Waals surface area contributed by atoms with Crippen molar-refractivity contribution < 1.29 is 0 Å². The maximum absolute atomic E-state index is 6.35. The van der Waals surface area contributed by atoms with E-state index in [0.29, 0.717) is 12.0 Å². The highest BCUT2D eigenvalue weighted by Gasteiger charge is 2.34. The van der Waals surface area contributed by atoms with E-state index in [1.54, 1.807) is 0 Å². The third kappa shape index (κ3) is 1.86. The molecule has 4 heteroatoms. The van der Waals surface area contributed by atoms with Crippen molar-refractivity contribution in [3.05, 3.63) is 24.2 Å². The SMILES string of the molecule is NC1CCCCC1c1nc2cccnc2n1C1CC1. The van der Waals surface area contributed by atoms with Crippen LogP contribution < -0.4 is 5.73 Å². The minimum atomic E-state index is 0.267. The van der Waals surface area contributed by atoms with Gasteiger partial charge in [0.25, 0.3) is 0 Å². The molecule has 4 rings (SSSR count). The molecule has 100 valence electrons. The van der Waals surface area contributed by atoms with Crippen molar-refractivity contribution in [1.29, 1.82) is 0 Å². The van der Waals surface area contributed by atoms with Crippen molar-refractivity contribution in [3.63, 3.8) is 0 Å². The summed E-state index contributed by atoms with van der Waals surface area (Å²) in [6.45, 7) is 0. The van der Waals surface area contributed by atoms with Crippen molar-refractivity contribution in [1.82, 2.24) is 14.5 Å². The first-order chi connectivity index (χ1) is 9.34. The first-order valence-corrected chi connectivity index (χ1v) is 7.43. The minimum Gasteiger partial charge on any atom is -0.327 e. The first-order valence-electron chi connectivity index (χ1n) is 7.43. The molecule has 2 aliphatic rings. The standard InChI is InChI=1S/C15H20N4/c16-12-5-2-1-4-11(12)14-18-13-6-3-9-17-15(13)19(14)10-7-8-10/h3,6,9-12H,1-2,4-5,7-8,16H2. The van der Waals surface area contributed by atoms with Gasteiger partial charge >= 0.3 is 0 Å². The lowest BCUT2D eigenvalue weighted by Gasteiger charge is -2.28. The predicted molar refractivity (Wildman–Crippen MR) is 75.0 cm³/mol. The number of nitrogens with two attached hydrogens (primary N) is 1. The zero-order valence-electron chi connectivity index (χ0n) is 11.1. The van der Waals surface area contributed by atoms with Gasteiger partial charge in [0.05, 0.1) is 0 Å². The number of hydrogen-bond donors (Lipinski definition) is 1. The molecular formula is C15H20N4. The van der Waals surface area contributed by atoms with Gasteiger partial charge in [-0.1, -0.05) is 12.8 Å². The Morgan fingerprint density at radius 2 is 2.00 bits per heavy atom. The molecule has 0 aliphatic heterocycles. The fraction of sp³-hybridized carbons (Fsp3) is 0.600.